The van der Waals surface area contributed by atoms with Gasteiger partial charge in [-0.25, -0.2) is 14.1 Å². The molecule has 8 aromatic rings. The largest absolute Gasteiger partial charge is 4.00 e. The van der Waals surface area contributed by atoms with Gasteiger partial charge in [-0.2, -0.15) is 0 Å². The third kappa shape index (κ3) is 9.30. The van der Waals surface area contributed by atoms with Crippen molar-refractivity contribution in [2.24, 2.45) is 0 Å². The van der Waals surface area contributed by atoms with Crippen LogP contribution >= 0.6 is 0 Å². The summed E-state index contributed by atoms with van der Waals surface area (Å²) in [5, 5.41) is 11.1. The van der Waals surface area contributed by atoms with Gasteiger partial charge in [0, 0.05) is 34.8 Å². The Morgan fingerprint density at radius 1 is 0.520 bits per heavy atom. The summed E-state index contributed by atoms with van der Waals surface area (Å²) in [7, 11) is 0. The molecule has 248 valence electrons. The molecule has 0 atom stereocenters. The van der Waals surface area contributed by atoms with Gasteiger partial charge < -0.3 is 63.2 Å². The minimum atomic E-state index is -0.273. The number of aromatic nitrogens is 4. The van der Waals surface area contributed by atoms with Gasteiger partial charge in [0.1, 0.15) is 23.1 Å². The van der Waals surface area contributed by atoms with Crippen molar-refractivity contribution in [3.05, 3.63) is 195 Å². The molecule has 0 spiro atoms. The fraction of sp³-hybridized carbons (Fsp3) is 0. The minimum Gasteiger partial charge on any atom is -1.00 e. The van der Waals surface area contributed by atoms with Crippen LogP contribution in [0, 0.1) is 26.5 Å². The van der Waals surface area contributed by atoms with E-state index in [0.717, 1.165) is 39.3 Å². The number of nitrogens with one attached hydrogen (secondary N) is 1. The van der Waals surface area contributed by atoms with Crippen LogP contribution < -0.4 is 29.0 Å². The van der Waals surface area contributed by atoms with E-state index in [2.05, 4.69) is 43.4 Å². The van der Waals surface area contributed by atoms with Crippen molar-refractivity contribution < 1.29 is 63.6 Å². The van der Waals surface area contributed by atoms with Crippen molar-refractivity contribution in [1.29, 1.82) is 0 Å². The van der Waals surface area contributed by atoms with Gasteiger partial charge in [-0.15, -0.1) is 0 Å². The molecule has 4 aromatic heterocycles. The summed E-state index contributed by atoms with van der Waals surface area (Å²) in [6, 6.07) is 44.2. The third-order valence-corrected chi connectivity index (χ3v) is 7.32. The van der Waals surface area contributed by atoms with Gasteiger partial charge >= 0.3 is 25.8 Å². The van der Waals surface area contributed by atoms with E-state index in [4.69, 9.17) is 0 Å². The zero-order valence-electron chi connectivity index (χ0n) is 27.4. The standard InChI is InChI=1S/2C19H13FN3.2CH3.Hf.HI/c2*20-15-7-9-16(10-8-15)21-18-11-6-14-12-13-23(19(14)22-18)17-4-2-1-3-5-17;;;;/h2*1-13H;2*1H3;;1H/q4*-1;+4;. The Morgan fingerprint density at radius 2 is 1.02 bits per heavy atom. The van der Waals surface area contributed by atoms with Crippen LogP contribution in [0.5, 0.6) is 0 Å². The average molecular weight is 941 g/mol. The predicted octanol–water partition coefficient (Wildman–Crippen LogP) is 8.32. The molecule has 1 N–H and O–H groups in total. The van der Waals surface area contributed by atoms with E-state index < -0.39 is 0 Å². The fourth-order valence-electron chi connectivity index (χ4n) is 5.07. The molecule has 0 amide bonds. The number of para-hydroxylation sites is 2. The number of aromatic amines is 1. The van der Waals surface area contributed by atoms with Crippen LogP contribution in [0.3, 0.4) is 0 Å². The number of hydrogen-bond donors (Lipinski definition) is 0. The summed E-state index contributed by atoms with van der Waals surface area (Å²) >= 11 is 0. The van der Waals surface area contributed by atoms with Gasteiger partial charge in [-0.1, -0.05) is 66.5 Å². The molecule has 0 radical (unpaired) electrons. The Bertz CT molecular complexity index is 2060. The summed E-state index contributed by atoms with van der Waals surface area (Å²) in [4.78, 5) is 7.97. The normalized spacial score (nSPS) is 9.96. The van der Waals surface area contributed by atoms with Crippen LogP contribution in [-0.4, -0.2) is 14.1 Å². The first kappa shape index (κ1) is 39.8. The van der Waals surface area contributed by atoms with Crippen molar-refractivity contribution in [1.82, 2.24) is 14.1 Å². The molecular weight excluding hydrogens is 908 g/mol. The van der Waals surface area contributed by atoms with Crippen molar-refractivity contribution in [3.63, 3.8) is 0 Å². The Labute approximate surface area is 327 Å². The summed E-state index contributed by atoms with van der Waals surface area (Å²) in [6.07, 6.45) is 4.02. The Kier molecular flexibility index (Phi) is 14.6. The number of nitrogens with zero attached hydrogens (tertiary/aromatic N) is 5. The van der Waals surface area contributed by atoms with E-state index in [9.17, 15) is 8.78 Å². The Balaban J connectivity index is 0.000000250. The molecular formula is C40H33F2HfIN6. The van der Waals surface area contributed by atoms with Crippen LogP contribution in [0.15, 0.2) is 158 Å². The second kappa shape index (κ2) is 18.4. The van der Waals surface area contributed by atoms with E-state index in [1.54, 1.807) is 24.3 Å². The molecule has 0 unspecified atom stereocenters. The number of rotatable bonds is 6. The quantitative estimate of drug-likeness (QED) is 0.0941. The first-order valence-corrected chi connectivity index (χ1v) is 14.7. The molecule has 0 aliphatic carbocycles. The number of halogens is 3. The van der Waals surface area contributed by atoms with Crippen molar-refractivity contribution in [2.75, 3.05) is 0 Å². The molecule has 0 saturated carbocycles. The second-order valence-electron chi connectivity index (χ2n) is 10.4. The fourth-order valence-corrected chi connectivity index (χ4v) is 5.07. The van der Waals surface area contributed by atoms with E-state index in [1.165, 1.54) is 24.3 Å². The maximum atomic E-state index is 13.0. The van der Waals surface area contributed by atoms with Gasteiger partial charge in [0.15, 0.2) is 0 Å². The van der Waals surface area contributed by atoms with Gasteiger partial charge in [0.2, 0.25) is 0 Å². The molecule has 50 heavy (non-hydrogen) atoms. The van der Waals surface area contributed by atoms with Crippen LogP contribution in [0.25, 0.3) is 44.1 Å². The number of pyridine rings is 2. The molecule has 0 saturated heterocycles. The smallest absolute Gasteiger partial charge is 1.00 e. The molecule has 0 aliphatic rings. The number of hydrogen-bond acceptors (Lipinski definition) is 1. The molecule has 4 heterocycles. The summed E-state index contributed by atoms with van der Waals surface area (Å²) in [6.45, 7) is 0. The zero-order chi connectivity index (χ0) is 31.3. The van der Waals surface area contributed by atoms with E-state index in [1.807, 2.05) is 95.8 Å². The predicted molar refractivity (Wildman–Crippen MR) is 192 cm³/mol. The molecule has 8 rings (SSSR count). The van der Waals surface area contributed by atoms with Crippen molar-refractivity contribution in [2.45, 2.75) is 0 Å². The van der Waals surface area contributed by atoms with E-state index in [0.29, 0.717) is 17.2 Å². The molecule has 10 heteroatoms. The summed E-state index contributed by atoms with van der Waals surface area (Å²) < 4.78 is 30.1. The number of benzene rings is 4. The van der Waals surface area contributed by atoms with Crippen LogP contribution in [-0.2, 0) is 25.8 Å². The minimum absolute atomic E-state index is 0. The number of H-pyrrole nitrogens is 1. The molecule has 0 fully saturated rings. The SMILES string of the molecule is Fc1ccc([N-]c2ccc3ccn(-c4ccccc4)c3[nH+]2)cc1.Fc1ccc([N-]c2ccc3ccn(-c4ccccc4)c3n2)cc1.[CH3-].[CH3-].[Hf+4].[I-]. The first-order valence-electron chi connectivity index (χ1n) is 14.7. The van der Waals surface area contributed by atoms with E-state index in [-0.39, 0.29) is 76.3 Å². The monoisotopic (exact) mass is 942 g/mol. The maximum Gasteiger partial charge on any atom is 4.00 e. The Morgan fingerprint density at radius 3 is 1.62 bits per heavy atom. The van der Waals surface area contributed by atoms with E-state index >= 15 is 0 Å². The first-order chi connectivity index (χ1) is 22.6. The van der Waals surface area contributed by atoms with Crippen molar-refractivity contribution in [3.8, 4) is 11.4 Å². The van der Waals surface area contributed by atoms with Crippen LogP contribution in [0.4, 0.5) is 31.8 Å². The zero-order valence-corrected chi connectivity index (χ0v) is 33.1. The van der Waals surface area contributed by atoms with Crippen molar-refractivity contribution >= 4 is 45.1 Å². The summed E-state index contributed by atoms with van der Waals surface area (Å²) in [5.74, 6) is 0.784. The second-order valence-corrected chi connectivity index (χ2v) is 10.4. The maximum absolute atomic E-state index is 13.0. The molecule has 0 bridgehead atoms. The summed E-state index contributed by atoms with van der Waals surface area (Å²) in [5.41, 5.74) is 5.33. The van der Waals surface area contributed by atoms with Gasteiger partial charge in [0.25, 0.3) is 0 Å². The Hall–Kier alpha value is -4.68. The molecule has 6 nitrogen and oxygen atoms in total. The molecule has 4 aromatic carbocycles. The average Bonchev–Trinajstić information content (AvgIpc) is 3.72. The van der Waals surface area contributed by atoms with Gasteiger partial charge in [0.05, 0.1) is 5.69 Å². The number of fused-ring (bicyclic) bond motifs is 2. The topological polar surface area (TPSA) is 65.1 Å². The van der Waals surface area contributed by atoms with Gasteiger partial charge in [-0.3, -0.25) is 0 Å². The van der Waals surface area contributed by atoms with Crippen LogP contribution in [0.2, 0.25) is 0 Å². The third-order valence-electron chi connectivity index (χ3n) is 7.32. The van der Waals surface area contributed by atoms with Crippen LogP contribution in [0.1, 0.15) is 0 Å². The van der Waals surface area contributed by atoms with Gasteiger partial charge in [-0.05, 0) is 96.0 Å². The molecule has 0 aliphatic heterocycles.